The van der Waals surface area contributed by atoms with Crippen molar-refractivity contribution in [3.8, 4) is 5.75 Å². The van der Waals surface area contributed by atoms with Gasteiger partial charge >= 0.3 is 0 Å². The maximum Gasteiger partial charge on any atom is 0.224 e. The third kappa shape index (κ3) is 2.73. The van der Waals surface area contributed by atoms with E-state index in [1.807, 2.05) is 6.07 Å². The Morgan fingerprint density at radius 3 is 3.00 bits per heavy atom. The first-order valence-electron chi connectivity index (χ1n) is 5.52. The van der Waals surface area contributed by atoms with Crippen molar-refractivity contribution >= 4 is 5.91 Å². The molecular formula is C12H16N2O2. The molecule has 0 saturated carbocycles. The van der Waals surface area contributed by atoms with Gasteiger partial charge in [-0.15, -0.1) is 0 Å². The molecule has 4 heteroatoms. The molecule has 3 N–H and O–H groups in total. The number of aromatic hydroxyl groups is 1. The molecule has 1 aliphatic rings. The van der Waals surface area contributed by atoms with Crippen molar-refractivity contribution in [2.75, 3.05) is 13.1 Å². The van der Waals surface area contributed by atoms with Gasteiger partial charge in [-0.1, -0.05) is 18.2 Å². The van der Waals surface area contributed by atoms with Gasteiger partial charge in [0, 0.05) is 18.2 Å². The second-order valence-corrected chi connectivity index (χ2v) is 4.06. The normalized spacial score (nSPS) is 19.6. The molecule has 1 heterocycles. The molecule has 0 aliphatic carbocycles. The second kappa shape index (κ2) is 4.99. The SMILES string of the molecule is O=C(Cc1ccccc1O)N[C@H]1CCNC1. The average Bonchev–Trinajstić information content (AvgIpc) is 2.74. The van der Waals surface area contributed by atoms with E-state index in [4.69, 9.17) is 0 Å². The summed E-state index contributed by atoms with van der Waals surface area (Å²) >= 11 is 0. The molecule has 86 valence electrons. The maximum atomic E-state index is 11.7. The Kier molecular flexibility index (Phi) is 3.41. The predicted molar refractivity (Wildman–Crippen MR) is 61.2 cm³/mol. The molecule has 1 aromatic carbocycles. The summed E-state index contributed by atoms with van der Waals surface area (Å²) in [6.07, 6.45) is 1.22. The van der Waals surface area contributed by atoms with Crippen molar-refractivity contribution in [2.24, 2.45) is 0 Å². The van der Waals surface area contributed by atoms with E-state index in [-0.39, 0.29) is 24.1 Å². The van der Waals surface area contributed by atoms with Crippen molar-refractivity contribution in [1.29, 1.82) is 0 Å². The van der Waals surface area contributed by atoms with Gasteiger partial charge in [-0.05, 0) is 19.0 Å². The van der Waals surface area contributed by atoms with Gasteiger partial charge < -0.3 is 15.7 Å². The lowest BCUT2D eigenvalue weighted by Gasteiger charge is -2.11. The first-order valence-corrected chi connectivity index (χ1v) is 5.52. The Balaban J connectivity index is 1.89. The molecule has 4 nitrogen and oxygen atoms in total. The summed E-state index contributed by atoms with van der Waals surface area (Å²) in [6, 6.07) is 7.16. The molecule has 1 saturated heterocycles. The van der Waals surface area contributed by atoms with Crippen LogP contribution in [-0.4, -0.2) is 30.1 Å². The van der Waals surface area contributed by atoms with Gasteiger partial charge in [0.05, 0.1) is 6.42 Å². The van der Waals surface area contributed by atoms with E-state index in [1.165, 1.54) is 0 Å². The highest BCUT2D eigenvalue weighted by atomic mass is 16.3. The van der Waals surface area contributed by atoms with Crippen LogP contribution in [0.15, 0.2) is 24.3 Å². The zero-order valence-corrected chi connectivity index (χ0v) is 9.07. The number of phenolic OH excluding ortho intramolecular Hbond substituents is 1. The molecule has 0 bridgehead atoms. The van der Waals surface area contributed by atoms with Crippen molar-refractivity contribution in [1.82, 2.24) is 10.6 Å². The number of rotatable bonds is 3. The molecule has 1 aliphatic heterocycles. The minimum absolute atomic E-state index is 0.0322. The van der Waals surface area contributed by atoms with Crippen molar-refractivity contribution < 1.29 is 9.90 Å². The standard InChI is InChI=1S/C12H16N2O2/c15-11-4-2-1-3-9(11)7-12(16)14-10-5-6-13-8-10/h1-4,10,13,15H,5-8H2,(H,14,16)/t10-/m0/s1. The van der Waals surface area contributed by atoms with E-state index in [9.17, 15) is 9.90 Å². The maximum absolute atomic E-state index is 11.7. The third-order valence-electron chi connectivity index (χ3n) is 2.77. The zero-order chi connectivity index (χ0) is 11.4. The van der Waals surface area contributed by atoms with Gasteiger partial charge in [0.1, 0.15) is 5.75 Å². The summed E-state index contributed by atoms with van der Waals surface area (Å²) in [5.41, 5.74) is 0.672. The highest BCUT2D eigenvalue weighted by Gasteiger charge is 2.17. The van der Waals surface area contributed by atoms with Gasteiger partial charge in [0.2, 0.25) is 5.91 Å². The molecule has 1 atom stereocenters. The van der Waals surface area contributed by atoms with E-state index < -0.39 is 0 Å². The lowest BCUT2D eigenvalue weighted by atomic mass is 10.1. The number of carbonyl (C=O) groups excluding carboxylic acids is 1. The fourth-order valence-corrected chi connectivity index (χ4v) is 1.89. The van der Waals surface area contributed by atoms with Crippen LogP contribution in [0, 0.1) is 0 Å². The Hall–Kier alpha value is -1.55. The van der Waals surface area contributed by atoms with Crippen LogP contribution in [-0.2, 0) is 11.2 Å². The number of para-hydroxylation sites is 1. The number of amides is 1. The first-order chi connectivity index (χ1) is 7.75. The van der Waals surface area contributed by atoms with Crippen LogP contribution >= 0.6 is 0 Å². The smallest absolute Gasteiger partial charge is 0.224 e. The van der Waals surface area contributed by atoms with Gasteiger partial charge in [-0.2, -0.15) is 0 Å². The number of phenols is 1. The largest absolute Gasteiger partial charge is 0.508 e. The van der Waals surface area contributed by atoms with Crippen LogP contribution in [0.4, 0.5) is 0 Å². The lowest BCUT2D eigenvalue weighted by Crippen LogP contribution is -2.37. The monoisotopic (exact) mass is 220 g/mol. The molecule has 0 spiro atoms. The van der Waals surface area contributed by atoms with Gasteiger partial charge in [-0.3, -0.25) is 4.79 Å². The highest BCUT2D eigenvalue weighted by molar-refractivity contribution is 5.79. The van der Waals surface area contributed by atoms with E-state index >= 15 is 0 Å². The molecule has 1 amide bonds. The molecule has 2 rings (SSSR count). The minimum atomic E-state index is -0.0322. The molecule has 0 radical (unpaired) electrons. The topological polar surface area (TPSA) is 61.4 Å². The van der Waals surface area contributed by atoms with Gasteiger partial charge in [0.25, 0.3) is 0 Å². The average molecular weight is 220 g/mol. The quantitative estimate of drug-likeness (QED) is 0.691. The Labute approximate surface area is 94.7 Å². The summed E-state index contributed by atoms with van der Waals surface area (Å²) in [5.74, 6) is 0.150. The number of hydrogen-bond acceptors (Lipinski definition) is 3. The molecule has 0 unspecified atom stereocenters. The summed E-state index contributed by atoms with van der Waals surface area (Å²) in [5, 5.41) is 15.7. The number of nitrogens with one attached hydrogen (secondary N) is 2. The molecular weight excluding hydrogens is 204 g/mol. The van der Waals surface area contributed by atoms with Crippen LogP contribution in [0.3, 0.4) is 0 Å². The predicted octanol–water partition coefficient (Wildman–Crippen LogP) is 0.413. The van der Waals surface area contributed by atoms with Crippen LogP contribution in [0.1, 0.15) is 12.0 Å². The Morgan fingerprint density at radius 2 is 2.31 bits per heavy atom. The fourth-order valence-electron chi connectivity index (χ4n) is 1.89. The summed E-state index contributed by atoms with van der Waals surface area (Å²) in [6.45, 7) is 1.80. The second-order valence-electron chi connectivity index (χ2n) is 4.06. The molecule has 1 fully saturated rings. The van der Waals surface area contributed by atoms with Gasteiger partial charge in [0.15, 0.2) is 0 Å². The van der Waals surface area contributed by atoms with Crippen LogP contribution < -0.4 is 10.6 Å². The number of benzene rings is 1. The number of hydrogen-bond donors (Lipinski definition) is 3. The van der Waals surface area contributed by atoms with Crippen LogP contribution in [0.5, 0.6) is 5.75 Å². The van der Waals surface area contributed by atoms with Crippen molar-refractivity contribution in [2.45, 2.75) is 18.9 Å². The fraction of sp³-hybridized carbons (Fsp3) is 0.417. The summed E-state index contributed by atoms with van der Waals surface area (Å²) in [4.78, 5) is 11.7. The molecule has 1 aromatic rings. The molecule has 16 heavy (non-hydrogen) atoms. The van der Waals surface area contributed by atoms with Crippen LogP contribution in [0.2, 0.25) is 0 Å². The minimum Gasteiger partial charge on any atom is -0.508 e. The summed E-state index contributed by atoms with van der Waals surface area (Å²) < 4.78 is 0. The van der Waals surface area contributed by atoms with E-state index in [0.717, 1.165) is 19.5 Å². The van der Waals surface area contributed by atoms with Crippen molar-refractivity contribution in [3.63, 3.8) is 0 Å². The first kappa shape index (κ1) is 11.0. The van der Waals surface area contributed by atoms with E-state index in [1.54, 1.807) is 18.2 Å². The van der Waals surface area contributed by atoms with Gasteiger partial charge in [-0.25, -0.2) is 0 Å². The van der Waals surface area contributed by atoms with E-state index in [0.29, 0.717) is 5.56 Å². The molecule has 0 aromatic heterocycles. The Bertz CT molecular complexity index is 373. The highest BCUT2D eigenvalue weighted by Crippen LogP contribution is 2.15. The van der Waals surface area contributed by atoms with Crippen molar-refractivity contribution in [3.05, 3.63) is 29.8 Å². The summed E-state index contributed by atoms with van der Waals surface area (Å²) in [7, 11) is 0. The third-order valence-corrected chi connectivity index (χ3v) is 2.77. The number of carbonyl (C=O) groups is 1. The lowest BCUT2D eigenvalue weighted by molar-refractivity contribution is -0.121. The van der Waals surface area contributed by atoms with Crippen LogP contribution in [0.25, 0.3) is 0 Å². The zero-order valence-electron chi connectivity index (χ0n) is 9.07. The van der Waals surface area contributed by atoms with E-state index in [2.05, 4.69) is 10.6 Å². The Morgan fingerprint density at radius 1 is 1.50 bits per heavy atom.